The molecule has 0 aliphatic heterocycles. The van der Waals surface area contributed by atoms with Gasteiger partial charge >= 0.3 is 0 Å². The highest BCUT2D eigenvalue weighted by molar-refractivity contribution is 5.54. The van der Waals surface area contributed by atoms with Crippen molar-refractivity contribution in [1.82, 2.24) is 5.43 Å². The minimum absolute atomic E-state index is 0.0694. The molecule has 0 aromatic rings. The smallest absolute Gasteiger partial charge is 0.218 e. The Kier molecular flexibility index (Phi) is 2.52. The monoisotopic (exact) mass is 92.0 g/mol. The molecule has 4 heteroatoms. The summed E-state index contributed by atoms with van der Waals surface area (Å²) in [6.45, 7) is 0. The van der Waals surface area contributed by atoms with Crippen LogP contribution in [-0.4, -0.2) is 12.6 Å². The van der Waals surface area contributed by atoms with Crippen molar-refractivity contribution in [3.05, 3.63) is 0 Å². The van der Waals surface area contributed by atoms with Crippen LogP contribution in [0.4, 0.5) is 4.39 Å². The summed E-state index contributed by atoms with van der Waals surface area (Å²) in [5.74, 6) is 4.43. The van der Waals surface area contributed by atoms with Gasteiger partial charge in [0.05, 0.1) is 0 Å². The van der Waals surface area contributed by atoms with E-state index in [1.54, 1.807) is 5.43 Å². The van der Waals surface area contributed by atoms with E-state index in [1.807, 2.05) is 0 Å². The fourth-order valence-electron chi connectivity index (χ4n) is 0.0393. The highest BCUT2D eigenvalue weighted by Gasteiger charge is 1.93. The van der Waals surface area contributed by atoms with Gasteiger partial charge in [0.2, 0.25) is 6.30 Å². The minimum atomic E-state index is -1.72. The van der Waals surface area contributed by atoms with Crippen LogP contribution in [0, 0.1) is 0 Å². The third-order valence-electron chi connectivity index (χ3n) is 0.279. The zero-order valence-corrected chi connectivity index (χ0v) is 3.02. The molecule has 0 fully saturated rings. The number of hydrogen-bond acceptors (Lipinski definition) is 3. The van der Waals surface area contributed by atoms with Crippen molar-refractivity contribution in [2.45, 2.75) is 6.30 Å². The number of halogens is 1. The molecule has 0 spiro atoms. The van der Waals surface area contributed by atoms with E-state index in [0.717, 1.165) is 0 Å². The second-order valence-corrected chi connectivity index (χ2v) is 0.705. The van der Waals surface area contributed by atoms with E-state index >= 15 is 0 Å². The predicted molar refractivity (Wildman–Crippen MR) is 18.3 cm³/mol. The van der Waals surface area contributed by atoms with Gasteiger partial charge in [0, 0.05) is 0 Å². The molecule has 0 rings (SSSR count). The second kappa shape index (κ2) is 2.74. The maximum atomic E-state index is 11.3. The minimum Gasteiger partial charge on any atom is -0.299 e. The summed E-state index contributed by atoms with van der Waals surface area (Å²) < 4.78 is 11.3. The van der Waals surface area contributed by atoms with E-state index in [4.69, 9.17) is 0 Å². The van der Waals surface area contributed by atoms with Crippen LogP contribution in [0.1, 0.15) is 0 Å². The molecule has 3 N–H and O–H groups in total. The van der Waals surface area contributed by atoms with E-state index in [1.165, 1.54) is 0 Å². The number of nitrogens with one attached hydrogen (secondary N) is 1. The van der Waals surface area contributed by atoms with Crippen LogP contribution in [0.3, 0.4) is 0 Å². The van der Waals surface area contributed by atoms with E-state index in [2.05, 4.69) is 5.84 Å². The number of rotatable bonds is 2. The molecule has 0 aliphatic carbocycles. The topological polar surface area (TPSA) is 55.1 Å². The quantitative estimate of drug-likeness (QED) is 0.198. The van der Waals surface area contributed by atoms with Gasteiger partial charge in [-0.15, -0.1) is 0 Å². The van der Waals surface area contributed by atoms with Gasteiger partial charge in [0.25, 0.3) is 0 Å². The van der Waals surface area contributed by atoms with Crippen molar-refractivity contribution >= 4 is 6.29 Å². The summed E-state index contributed by atoms with van der Waals surface area (Å²) in [4.78, 5) is 9.22. The van der Waals surface area contributed by atoms with Crippen LogP contribution in [0.2, 0.25) is 0 Å². The molecule has 0 saturated carbocycles. The summed E-state index contributed by atoms with van der Waals surface area (Å²) in [6, 6.07) is 0. The summed E-state index contributed by atoms with van der Waals surface area (Å²) in [7, 11) is 0. The molecule has 36 valence electrons. The van der Waals surface area contributed by atoms with Crippen molar-refractivity contribution in [2.24, 2.45) is 5.84 Å². The number of carbonyl (C=O) groups is 1. The zero-order valence-electron chi connectivity index (χ0n) is 3.02. The Hall–Kier alpha value is -0.480. The van der Waals surface area contributed by atoms with Crippen LogP contribution in [-0.2, 0) is 4.79 Å². The van der Waals surface area contributed by atoms with Crippen LogP contribution in [0.25, 0.3) is 0 Å². The highest BCUT2D eigenvalue weighted by Crippen LogP contribution is 1.68. The molecule has 0 aliphatic rings. The molecule has 0 amide bonds. The van der Waals surface area contributed by atoms with Crippen LogP contribution in [0.5, 0.6) is 0 Å². The summed E-state index contributed by atoms with van der Waals surface area (Å²) in [6.07, 6.45) is -1.65. The van der Waals surface area contributed by atoms with E-state index in [-0.39, 0.29) is 6.29 Å². The average Bonchev–Trinajstić information content (AvgIpc) is 1.65. The van der Waals surface area contributed by atoms with Crippen LogP contribution >= 0.6 is 0 Å². The molecule has 0 heterocycles. The number of hydrazine groups is 1. The molecule has 0 radical (unpaired) electrons. The number of nitrogens with two attached hydrogens (primary N) is 1. The molecule has 6 heavy (non-hydrogen) atoms. The lowest BCUT2D eigenvalue weighted by atomic mass is 10.7. The van der Waals surface area contributed by atoms with Crippen LogP contribution < -0.4 is 11.3 Å². The first-order valence-electron chi connectivity index (χ1n) is 1.36. The normalized spacial score (nSPS) is 13.7. The third-order valence-corrected chi connectivity index (χ3v) is 0.279. The first kappa shape index (κ1) is 5.52. The summed E-state index contributed by atoms with van der Waals surface area (Å²) in [5, 5.41) is 0. The maximum Gasteiger partial charge on any atom is 0.218 e. The standard InChI is InChI=1S/C2H5FN2O/c3-2(1-6)5-4/h1-2,5H,4H2. The van der Waals surface area contributed by atoms with Gasteiger partial charge in [-0.3, -0.25) is 10.6 Å². The molecular weight excluding hydrogens is 87.0 g/mol. The SMILES string of the molecule is NNC(F)C=O. The van der Waals surface area contributed by atoms with Crippen molar-refractivity contribution in [3.63, 3.8) is 0 Å². The summed E-state index contributed by atoms with van der Waals surface area (Å²) >= 11 is 0. The fraction of sp³-hybridized carbons (Fsp3) is 0.500. The fourth-order valence-corrected chi connectivity index (χ4v) is 0.0393. The molecule has 0 bridgehead atoms. The first-order valence-corrected chi connectivity index (χ1v) is 1.36. The highest BCUT2D eigenvalue weighted by atomic mass is 19.1. The van der Waals surface area contributed by atoms with Gasteiger partial charge in [0.1, 0.15) is 0 Å². The van der Waals surface area contributed by atoms with Gasteiger partial charge in [-0.25, -0.2) is 9.82 Å². The Morgan fingerprint density at radius 1 is 2.00 bits per heavy atom. The Morgan fingerprint density at radius 3 is 2.50 bits per heavy atom. The van der Waals surface area contributed by atoms with Crippen molar-refractivity contribution in [1.29, 1.82) is 0 Å². The van der Waals surface area contributed by atoms with Gasteiger partial charge in [-0.1, -0.05) is 0 Å². The van der Waals surface area contributed by atoms with E-state index < -0.39 is 6.30 Å². The third kappa shape index (κ3) is 1.80. The number of aldehydes is 1. The molecule has 0 aromatic heterocycles. The van der Waals surface area contributed by atoms with Gasteiger partial charge in [-0.05, 0) is 0 Å². The predicted octanol–water partition coefficient (Wildman–Crippen LogP) is -1.06. The van der Waals surface area contributed by atoms with Gasteiger partial charge in [-0.2, -0.15) is 0 Å². The molecule has 3 nitrogen and oxygen atoms in total. The zero-order chi connectivity index (χ0) is 4.99. The molecule has 0 aromatic carbocycles. The first-order chi connectivity index (χ1) is 2.81. The Bertz CT molecular complexity index is 48.8. The maximum absolute atomic E-state index is 11.3. The Morgan fingerprint density at radius 2 is 2.50 bits per heavy atom. The van der Waals surface area contributed by atoms with E-state index in [9.17, 15) is 9.18 Å². The van der Waals surface area contributed by atoms with Gasteiger partial charge in [0.15, 0.2) is 6.29 Å². The summed E-state index contributed by atoms with van der Waals surface area (Å²) in [5.41, 5.74) is 1.58. The molecule has 1 atom stereocenters. The molecular formula is C2H5FN2O. The van der Waals surface area contributed by atoms with Crippen LogP contribution in [0.15, 0.2) is 0 Å². The van der Waals surface area contributed by atoms with Crippen molar-refractivity contribution in [3.8, 4) is 0 Å². The van der Waals surface area contributed by atoms with Crippen molar-refractivity contribution in [2.75, 3.05) is 0 Å². The average molecular weight is 92.1 g/mol. The van der Waals surface area contributed by atoms with E-state index in [0.29, 0.717) is 0 Å². The molecule has 0 saturated heterocycles. The second-order valence-electron chi connectivity index (χ2n) is 0.705. The number of hydrogen-bond donors (Lipinski definition) is 2. The lowest BCUT2D eigenvalue weighted by Crippen LogP contribution is -2.32. The lowest BCUT2D eigenvalue weighted by molar-refractivity contribution is -0.112. The lowest BCUT2D eigenvalue weighted by Gasteiger charge is -1.89. The Labute approximate surface area is 34.3 Å². The number of carbonyl (C=O) groups excluding carboxylic acids is 1. The van der Waals surface area contributed by atoms with Gasteiger partial charge < -0.3 is 0 Å². The van der Waals surface area contributed by atoms with Crippen molar-refractivity contribution < 1.29 is 9.18 Å². The molecule has 1 unspecified atom stereocenters. The largest absolute Gasteiger partial charge is 0.299 e. The Balaban J connectivity index is 2.96. The number of alkyl halides is 1.